The normalized spacial score (nSPS) is 14.9. The molecule has 1 heterocycles. The van der Waals surface area contributed by atoms with E-state index in [1.807, 2.05) is 31.2 Å². The molecule has 0 N–H and O–H groups in total. The summed E-state index contributed by atoms with van der Waals surface area (Å²) in [6.45, 7) is 1.88. The number of halogens is 1. The van der Waals surface area contributed by atoms with Gasteiger partial charge in [-0.1, -0.05) is 72.3 Å². The topological polar surface area (TPSA) is 54.5 Å². The largest absolute Gasteiger partial charge is 0.294 e. The van der Waals surface area contributed by atoms with Crippen molar-refractivity contribution in [3.05, 3.63) is 120 Å². The zero-order valence-corrected chi connectivity index (χ0v) is 19.3. The molecule has 0 saturated heterocycles. The van der Waals surface area contributed by atoms with Gasteiger partial charge in [0.2, 0.25) is 0 Å². The number of hydrogen-bond acceptors (Lipinski definition) is 3. The molecule has 6 heteroatoms. The minimum atomic E-state index is -4.07. The maximum absolute atomic E-state index is 14.3. The van der Waals surface area contributed by atoms with Crippen LogP contribution in [0.1, 0.15) is 33.9 Å². The van der Waals surface area contributed by atoms with E-state index in [0.29, 0.717) is 22.4 Å². The van der Waals surface area contributed by atoms with E-state index in [1.165, 1.54) is 22.5 Å². The van der Waals surface area contributed by atoms with Gasteiger partial charge in [-0.15, -0.1) is 0 Å². The van der Waals surface area contributed by atoms with E-state index in [2.05, 4.69) is 0 Å². The first-order chi connectivity index (χ1) is 16.4. The summed E-state index contributed by atoms with van der Waals surface area (Å²) in [6.07, 6.45) is -0.0526. The number of nitrogens with zero attached hydrogens (tertiary/aromatic N) is 1. The molecule has 0 saturated carbocycles. The second-order valence-electron chi connectivity index (χ2n) is 8.37. The molecule has 0 fully saturated rings. The third-order valence-corrected chi connectivity index (χ3v) is 7.98. The van der Waals surface area contributed by atoms with Crippen LogP contribution in [0.25, 0.3) is 11.1 Å². The highest BCUT2D eigenvalue weighted by atomic mass is 32.2. The Kier molecular flexibility index (Phi) is 5.54. The number of Topliss-reactive ketones (excluding diaryl/α,β-unsaturated/α-hetero) is 1. The zero-order valence-electron chi connectivity index (χ0n) is 18.5. The van der Waals surface area contributed by atoms with Crippen molar-refractivity contribution in [2.24, 2.45) is 0 Å². The molecule has 4 aromatic rings. The maximum atomic E-state index is 14.3. The van der Waals surface area contributed by atoms with Crippen LogP contribution in [0.3, 0.4) is 0 Å². The highest BCUT2D eigenvalue weighted by molar-refractivity contribution is 7.92. The number of hydrogen-bond donors (Lipinski definition) is 0. The van der Waals surface area contributed by atoms with Gasteiger partial charge in [0.25, 0.3) is 10.0 Å². The van der Waals surface area contributed by atoms with Crippen LogP contribution in [0.4, 0.5) is 10.1 Å². The van der Waals surface area contributed by atoms with Gasteiger partial charge in [0.1, 0.15) is 5.82 Å². The van der Waals surface area contributed by atoms with E-state index in [9.17, 15) is 17.6 Å². The van der Waals surface area contributed by atoms with Crippen LogP contribution in [0.15, 0.2) is 102 Å². The maximum Gasteiger partial charge on any atom is 0.264 e. The molecule has 0 aliphatic carbocycles. The summed E-state index contributed by atoms with van der Waals surface area (Å²) in [5, 5.41) is 0. The monoisotopic (exact) mass is 471 g/mol. The van der Waals surface area contributed by atoms with Crippen LogP contribution in [0, 0.1) is 12.7 Å². The second-order valence-corrected chi connectivity index (χ2v) is 10.2. The molecular weight excluding hydrogens is 449 g/mol. The van der Waals surface area contributed by atoms with E-state index in [0.717, 1.165) is 11.1 Å². The molecule has 1 aliphatic heterocycles. The number of rotatable bonds is 5. The van der Waals surface area contributed by atoms with E-state index in [4.69, 9.17) is 0 Å². The standard InChI is InChI=1S/C28H22FNO3S/c1-19-11-14-22(15-12-19)34(32,33)30-26-16-13-21(29)17-25(26)23-9-5-6-10-24(23)27(30)18-28(31)20-7-3-2-4-8-20/h2-17,27H,18H2,1H3. The first-order valence-corrected chi connectivity index (χ1v) is 12.4. The molecule has 1 aliphatic rings. The lowest BCUT2D eigenvalue weighted by Gasteiger charge is -2.39. The fourth-order valence-electron chi connectivity index (χ4n) is 4.47. The van der Waals surface area contributed by atoms with Crippen molar-refractivity contribution in [1.29, 1.82) is 0 Å². The Morgan fingerprint density at radius 1 is 0.853 bits per heavy atom. The Labute approximate surface area is 198 Å². The summed E-state index contributed by atoms with van der Waals surface area (Å²) < 4.78 is 43.6. The van der Waals surface area contributed by atoms with Crippen LogP contribution in [0.2, 0.25) is 0 Å². The number of carbonyl (C=O) groups excluding carboxylic acids is 1. The molecule has 0 amide bonds. The lowest BCUT2D eigenvalue weighted by atomic mass is 9.87. The molecule has 34 heavy (non-hydrogen) atoms. The Bertz CT molecular complexity index is 1480. The first-order valence-electron chi connectivity index (χ1n) is 10.9. The van der Waals surface area contributed by atoms with Gasteiger partial charge in [0.15, 0.2) is 5.78 Å². The Morgan fingerprint density at radius 3 is 2.26 bits per heavy atom. The number of aryl methyl sites for hydroxylation is 1. The number of benzene rings is 4. The van der Waals surface area contributed by atoms with Crippen molar-refractivity contribution in [2.75, 3.05) is 4.31 Å². The molecule has 5 rings (SSSR count). The molecule has 1 unspecified atom stereocenters. The molecule has 170 valence electrons. The summed E-state index contributed by atoms with van der Waals surface area (Å²) in [5.41, 5.74) is 3.67. The predicted molar refractivity (Wildman–Crippen MR) is 131 cm³/mol. The van der Waals surface area contributed by atoms with Gasteiger partial charge in [-0.05, 0) is 48.4 Å². The van der Waals surface area contributed by atoms with Crippen LogP contribution in [0.5, 0.6) is 0 Å². The minimum Gasteiger partial charge on any atom is -0.294 e. The van der Waals surface area contributed by atoms with E-state index >= 15 is 0 Å². The lowest BCUT2D eigenvalue weighted by molar-refractivity contribution is 0.0975. The predicted octanol–water partition coefficient (Wildman–Crippen LogP) is 6.32. The lowest BCUT2D eigenvalue weighted by Crippen LogP contribution is -2.38. The van der Waals surface area contributed by atoms with Crippen LogP contribution < -0.4 is 4.31 Å². The number of ketones is 1. The van der Waals surface area contributed by atoms with Crippen LogP contribution in [-0.4, -0.2) is 14.2 Å². The van der Waals surface area contributed by atoms with Gasteiger partial charge in [0.05, 0.1) is 16.6 Å². The Balaban J connectivity index is 1.72. The van der Waals surface area contributed by atoms with Gasteiger partial charge in [0, 0.05) is 17.5 Å². The second kappa shape index (κ2) is 8.54. The van der Waals surface area contributed by atoms with Gasteiger partial charge in [-0.3, -0.25) is 9.10 Å². The van der Waals surface area contributed by atoms with Gasteiger partial charge in [-0.2, -0.15) is 0 Å². The Hall–Kier alpha value is -3.77. The van der Waals surface area contributed by atoms with Crippen molar-refractivity contribution in [2.45, 2.75) is 24.3 Å². The minimum absolute atomic E-state index is 0.0526. The fourth-order valence-corrected chi connectivity index (χ4v) is 6.12. The van der Waals surface area contributed by atoms with Gasteiger partial charge < -0.3 is 0 Å². The number of sulfonamides is 1. The highest BCUT2D eigenvalue weighted by Crippen LogP contribution is 2.48. The summed E-state index contributed by atoms with van der Waals surface area (Å²) in [7, 11) is -4.07. The van der Waals surface area contributed by atoms with Crippen molar-refractivity contribution < 1.29 is 17.6 Å². The molecule has 0 aromatic heterocycles. The molecule has 0 spiro atoms. The quantitative estimate of drug-likeness (QED) is 0.320. The van der Waals surface area contributed by atoms with Crippen LogP contribution >= 0.6 is 0 Å². The van der Waals surface area contributed by atoms with Crippen molar-refractivity contribution in [3.63, 3.8) is 0 Å². The average molecular weight is 472 g/mol. The summed E-state index contributed by atoms with van der Waals surface area (Å²) in [5.74, 6) is -0.630. The average Bonchev–Trinajstić information content (AvgIpc) is 2.85. The number of fused-ring (bicyclic) bond motifs is 3. The molecule has 4 aromatic carbocycles. The molecule has 0 bridgehead atoms. The zero-order chi connectivity index (χ0) is 23.9. The van der Waals surface area contributed by atoms with Crippen LogP contribution in [-0.2, 0) is 10.0 Å². The summed E-state index contributed by atoms with van der Waals surface area (Å²) in [6, 6.07) is 26.0. The van der Waals surface area contributed by atoms with Gasteiger partial charge in [-0.25, -0.2) is 12.8 Å². The van der Waals surface area contributed by atoms with E-state index < -0.39 is 21.9 Å². The van der Waals surface area contributed by atoms with Crippen molar-refractivity contribution in [3.8, 4) is 11.1 Å². The summed E-state index contributed by atoms with van der Waals surface area (Å²) in [4.78, 5) is 13.4. The van der Waals surface area contributed by atoms with Gasteiger partial charge >= 0.3 is 0 Å². The highest BCUT2D eigenvalue weighted by Gasteiger charge is 2.40. The third kappa shape index (κ3) is 3.80. The summed E-state index contributed by atoms with van der Waals surface area (Å²) >= 11 is 0. The fraction of sp³-hybridized carbons (Fsp3) is 0.107. The molecule has 4 nitrogen and oxygen atoms in total. The third-order valence-electron chi connectivity index (χ3n) is 6.14. The van der Waals surface area contributed by atoms with E-state index in [1.54, 1.807) is 54.6 Å². The Morgan fingerprint density at radius 2 is 1.53 bits per heavy atom. The first kappa shape index (κ1) is 22.0. The van der Waals surface area contributed by atoms with Crippen molar-refractivity contribution in [1.82, 2.24) is 0 Å². The number of anilines is 1. The molecule has 1 atom stereocenters. The molecule has 0 radical (unpaired) electrons. The smallest absolute Gasteiger partial charge is 0.264 e. The van der Waals surface area contributed by atoms with E-state index in [-0.39, 0.29) is 17.1 Å². The number of carbonyl (C=O) groups is 1. The van der Waals surface area contributed by atoms with Crippen molar-refractivity contribution >= 4 is 21.5 Å². The SMILES string of the molecule is Cc1ccc(S(=O)(=O)N2c3ccc(F)cc3-c3ccccc3C2CC(=O)c2ccccc2)cc1. The molecular formula is C28H22FNO3S.